The van der Waals surface area contributed by atoms with Gasteiger partial charge in [0.2, 0.25) is 0 Å². The lowest BCUT2D eigenvalue weighted by Gasteiger charge is -2.24. The Kier molecular flexibility index (Phi) is 5.33. The molecule has 7 heteroatoms. The number of aryl methyl sites for hydroxylation is 2. The van der Waals surface area contributed by atoms with Crippen LogP contribution in [-0.4, -0.2) is 42.3 Å². The van der Waals surface area contributed by atoms with E-state index in [-0.39, 0.29) is 17.7 Å². The molecule has 0 aromatic carbocycles. The SMILES string of the molecule is CCCNC(Cc1c(C)nn(C)c1Cl)C1CCS(=O)(=O)C1. The third kappa shape index (κ3) is 3.99. The molecule has 0 radical (unpaired) electrons. The second-order valence-electron chi connectivity index (χ2n) is 5.91. The van der Waals surface area contributed by atoms with Crippen molar-refractivity contribution >= 4 is 21.4 Å². The van der Waals surface area contributed by atoms with Gasteiger partial charge in [-0.3, -0.25) is 4.68 Å². The predicted octanol–water partition coefficient (Wildman–Crippen LogP) is 1.73. The Morgan fingerprint density at radius 3 is 2.71 bits per heavy atom. The standard InChI is InChI=1S/C14H24ClN3O2S/c1-4-6-16-13(11-5-7-21(19,20)9-11)8-12-10(2)17-18(3)14(12)15/h11,13,16H,4-9H2,1-3H3. The van der Waals surface area contributed by atoms with E-state index in [9.17, 15) is 8.42 Å². The van der Waals surface area contributed by atoms with Crippen LogP contribution in [-0.2, 0) is 23.3 Å². The van der Waals surface area contributed by atoms with Gasteiger partial charge >= 0.3 is 0 Å². The van der Waals surface area contributed by atoms with Crippen LogP contribution in [0.1, 0.15) is 31.0 Å². The highest BCUT2D eigenvalue weighted by molar-refractivity contribution is 7.91. The Balaban J connectivity index is 2.16. The van der Waals surface area contributed by atoms with Crippen molar-refractivity contribution in [2.24, 2.45) is 13.0 Å². The fourth-order valence-electron chi connectivity index (χ4n) is 3.00. The Labute approximate surface area is 132 Å². The maximum atomic E-state index is 11.7. The second kappa shape index (κ2) is 6.67. The number of sulfone groups is 1. The zero-order valence-corrected chi connectivity index (χ0v) is 14.5. The van der Waals surface area contributed by atoms with Crippen molar-refractivity contribution in [3.05, 3.63) is 16.4 Å². The number of nitrogens with one attached hydrogen (secondary N) is 1. The maximum Gasteiger partial charge on any atom is 0.150 e. The Morgan fingerprint density at radius 1 is 1.52 bits per heavy atom. The average Bonchev–Trinajstić information content (AvgIpc) is 2.88. The van der Waals surface area contributed by atoms with E-state index < -0.39 is 9.84 Å². The molecule has 2 heterocycles. The van der Waals surface area contributed by atoms with Crippen molar-refractivity contribution in [1.82, 2.24) is 15.1 Å². The van der Waals surface area contributed by atoms with E-state index in [4.69, 9.17) is 11.6 Å². The van der Waals surface area contributed by atoms with Crippen LogP contribution in [0, 0.1) is 12.8 Å². The Morgan fingerprint density at radius 2 is 2.24 bits per heavy atom. The Hall–Kier alpha value is -0.590. The average molecular weight is 334 g/mol. The first kappa shape index (κ1) is 16.8. The van der Waals surface area contributed by atoms with Crippen molar-refractivity contribution in [2.45, 2.75) is 39.2 Å². The van der Waals surface area contributed by atoms with Gasteiger partial charge < -0.3 is 5.32 Å². The summed E-state index contributed by atoms with van der Waals surface area (Å²) in [7, 11) is -1.04. The molecule has 2 rings (SSSR count). The smallest absolute Gasteiger partial charge is 0.150 e. The van der Waals surface area contributed by atoms with Crippen LogP contribution in [0.25, 0.3) is 0 Å². The highest BCUT2D eigenvalue weighted by atomic mass is 35.5. The molecule has 2 unspecified atom stereocenters. The monoisotopic (exact) mass is 333 g/mol. The van der Waals surface area contributed by atoms with Crippen LogP contribution in [0.5, 0.6) is 0 Å². The molecule has 0 saturated carbocycles. The summed E-state index contributed by atoms with van der Waals surface area (Å²) in [5, 5.41) is 8.49. The maximum absolute atomic E-state index is 11.7. The van der Waals surface area contributed by atoms with Gasteiger partial charge in [0.15, 0.2) is 9.84 Å². The summed E-state index contributed by atoms with van der Waals surface area (Å²) in [6.07, 6.45) is 2.50. The molecule has 2 atom stereocenters. The van der Waals surface area contributed by atoms with Crippen LogP contribution >= 0.6 is 11.6 Å². The molecular formula is C14H24ClN3O2S. The second-order valence-corrected chi connectivity index (χ2v) is 8.49. The van der Waals surface area contributed by atoms with Gasteiger partial charge in [0.05, 0.1) is 17.2 Å². The van der Waals surface area contributed by atoms with Crippen LogP contribution in [0.3, 0.4) is 0 Å². The molecule has 1 aromatic heterocycles. The van der Waals surface area contributed by atoms with E-state index in [0.717, 1.165) is 37.1 Å². The molecule has 21 heavy (non-hydrogen) atoms. The quantitative estimate of drug-likeness (QED) is 0.861. The largest absolute Gasteiger partial charge is 0.313 e. The van der Waals surface area contributed by atoms with Gasteiger partial charge in [-0.15, -0.1) is 0 Å². The zero-order valence-electron chi connectivity index (χ0n) is 12.9. The molecule has 0 bridgehead atoms. The summed E-state index contributed by atoms with van der Waals surface area (Å²) in [4.78, 5) is 0. The molecule has 1 N–H and O–H groups in total. The van der Waals surface area contributed by atoms with Gasteiger partial charge in [0, 0.05) is 18.7 Å². The first-order valence-electron chi connectivity index (χ1n) is 7.46. The summed E-state index contributed by atoms with van der Waals surface area (Å²) < 4.78 is 25.2. The topological polar surface area (TPSA) is 64.0 Å². The van der Waals surface area contributed by atoms with Crippen LogP contribution < -0.4 is 5.32 Å². The van der Waals surface area contributed by atoms with Gasteiger partial charge in [0.25, 0.3) is 0 Å². The number of halogens is 1. The molecule has 1 saturated heterocycles. The van der Waals surface area contributed by atoms with Crippen molar-refractivity contribution in [3.8, 4) is 0 Å². The molecule has 0 aliphatic carbocycles. The van der Waals surface area contributed by atoms with Gasteiger partial charge in [-0.25, -0.2) is 8.42 Å². The lowest BCUT2D eigenvalue weighted by atomic mass is 9.93. The summed E-state index contributed by atoms with van der Waals surface area (Å²) in [6, 6.07) is 0.141. The van der Waals surface area contributed by atoms with E-state index in [0.29, 0.717) is 10.9 Å². The number of hydrogen-bond donors (Lipinski definition) is 1. The van der Waals surface area contributed by atoms with E-state index in [1.807, 2.05) is 14.0 Å². The molecule has 0 spiro atoms. The van der Waals surface area contributed by atoms with Crippen molar-refractivity contribution in [1.29, 1.82) is 0 Å². The number of rotatable bonds is 6. The minimum atomic E-state index is -2.87. The lowest BCUT2D eigenvalue weighted by molar-refractivity contribution is 0.379. The zero-order chi connectivity index (χ0) is 15.6. The molecule has 1 aliphatic rings. The molecule has 120 valence electrons. The van der Waals surface area contributed by atoms with Crippen molar-refractivity contribution in [3.63, 3.8) is 0 Å². The van der Waals surface area contributed by atoms with Gasteiger partial charge in [0.1, 0.15) is 5.15 Å². The van der Waals surface area contributed by atoms with Crippen LogP contribution in [0.2, 0.25) is 5.15 Å². The van der Waals surface area contributed by atoms with Gasteiger partial charge in [-0.1, -0.05) is 18.5 Å². The number of nitrogens with zero attached hydrogens (tertiary/aromatic N) is 2. The molecule has 1 aromatic rings. The first-order chi connectivity index (χ1) is 9.84. The molecule has 1 fully saturated rings. The molecule has 5 nitrogen and oxygen atoms in total. The van der Waals surface area contributed by atoms with Crippen molar-refractivity contribution < 1.29 is 8.42 Å². The third-order valence-corrected chi connectivity index (χ3v) is 6.45. The van der Waals surface area contributed by atoms with Gasteiger partial charge in [-0.05, 0) is 38.6 Å². The molecule has 1 aliphatic heterocycles. The first-order valence-corrected chi connectivity index (χ1v) is 9.65. The fraction of sp³-hybridized carbons (Fsp3) is 0.786. The van der Waals surface area contributed by atoms with Gasteiger partial charge in [-0.2, -0.15) is 5.10 Å². The van der Waals surface area contributed by atoms with E-state index in [2.05, 4.69) is 17.3 Å². The number of hydrogen-bond acceptors (Lipinski definition) is 4. The molecular weight excluding hydrogens is 310 g/mol. The summed E-state index contributed by atoms with van der Waals surface area (Å²) >= 11 is 6.31. The Bertz CT molecular complexity index is 598. The predicted molar refractivity (Wildman–Crippen MR) is 85.5 cm³/mol. The minimum absolute atomic E-state index is 0.141. The molecule has 0 amide bonds. The van der Waals surface area contributed by atoms with Crippen LogP contribution in [0.15, 0.2) is 0 Å². The highest BCUT2D eigenvalue weighted by Gasteiger charge is 2.34. The fourth-order valence-corrected chi connectivity index (χ4v) is 5.13. The third-order valence-electron chi connectivity index (χ3n) is 4.19. The van der Waals surface area contributed by atoms with E-state index in [1.165, 1.54) is 0 Å². The summed E-state index contributed by atoms with van der Waals surface area (Å²) in [5.41, 5.74) is 1.95. The highest BCUT2D eigenvalue weighted by Crippen LogP contribution is 2.27. The van der Waals surface area contributed by atoms with Crippen LogP contribution in [0.4, 0.5) is 0 Å². The minimum Gasteiger partial charge on any atom is -0.313 e. The van der Waals surface area contributed by atoms with E-state index in [1.54, 1.807) is 4.68 Å². The number of aromatic nitrogens is 2. The lowest BCUT2D eigenvalue weighted by Crippen LogP contribution is -2.39. The summed E-state index contributed by atoms with van der Waals surface area (Å²) in [6.45, 7) is 4.94. The van der Waals surface area contributed by atoms with Crippen molar-refractivity contribution in [2.75, 3.05) is 18.1 Å². The normalized spacial score (nSPS) is 22.6. The summed E-state index contributed by atoms with van der Waals surface area (Å²) in [5.74, 6) is 0.754. The van der Waals surface area contributed by atoms with E-state index >= 15 is 0 Å².